The van der Waals surface area contributed by atoms with E-state index in [1.165, 1.54) is 34.9 Å². The van der Waals surface area contributed by atoms with Crippen molar-refractivity contribution in [2.45, 2.75) is 76.2 Å². The fraction of sp³-hybridized carbons (Fsp3) is 0.600. The molecule has 2 heterocycles. The summed E-state index contributed by atoms with van der Waals surface area (Å²) in [6.07, 6.45) is 9.78. The Hall–Kier alpha value is -2.30. The zero-order valence-electron chi connectivity index (χ0n) is 17.8. The number of carboxylic acid groups (broad SMARTS) is 1. The fourth-order valence-corrected chi connectivity index (χ4v) is 6.12. The number of fused-ring (bicyclic) bond motifs is 2. The Morgan fingerprint density at radius 3 is 2.73 bits per heavy atom. The molecule has 2 N–H and O–H groups in total. The second-order valence-corrected chi connectivity index (χ2v) is 9.73. The number of nitrogens with one attached hydrogen (secondary N) is 1. The molecule has 1 amide bonds. The van der Waals surface area contributed by atoms with Crippen LogP contribution in [0.1, 0.15) is 81.3 Å². The van der Waals surface area contributed by atoms with Crippen LogP contribution < -0.4 is 0 Å². The van der Waals surface area contributed by atoms with Gasteiger partial charge in [-0.3, -0.25) is 9.59 Å². The molecule has 3 fully saturated rings. The summed E-state index contributed by atoms with van der Waals surface area (Å²) in [7, 11) is 0. The van der Waals surface area contributed by atoms with Crippen molar-refractivity contribution in [2.75, 3.05) is 6.54 Å². The van der Waals surface area contributed by atoms with E-state index in [0.29, 0.717) is 25.3 Å². The molecule has 2 saturated carbocycles. The molecule has 5 nitrogen and oxygen atoms in total. The van der Waals surface area contributed by atoms with Crippen LogP contribution in [0.4, 0.5) is 0 Å². The zero-order valence-corrected chi connectivity index (χ0v) is 17.8. The first-order valence-electron chi connectivity index (χ1n) is 11.7. The minimum atomic E-state index is -0.682. The molecule has 2 aliphatic carbocycles. The van der Waals surface area contributed by atoms with Crippen molar-refractivity contribution in [1.82, 2.24) is 9.88 Å². The minimum Gasteiger partial charge on any atom is -0.481 e. The number of nitrogens with zero attached hydrogens (tertiary/aromatic N) is 1. The first-order valence-corrected chi connectivity index (χ1v) is 11.7. The second kappa shape index (κ2) is 7.75. The molecule has 0 radical (unpaired) electrons. The quantitative estimate of drug-likeness (QED) is 0.729. The van der Waals surface area contributed by atoms with E-state index in [4.69, 9.17) is 0 Å². The number of carboxylic acids is 1. The molecule has 160 valence electrons. The molecule has 3 aliphatic rings. The Morgan fingerprint density at radius 1 is 1.17 bits per heavy atom. The number of likely N-dealkylation sites (tertiary alicyclic amines) is 1. The maximum Gasteiger partial charge on any atom is 0.306 e. The van der Waals surface area contributed by atoms with Gasteiger partial charge in [0, 0.05) is 36.1 Å². The summed E-state index contributed by atoms with van der Waals surface area (Å²) in [6.45, 7) is 2.75. The van der Waals surface area contributed by atoms with E-state index in [1.54, 1.807) is 0 Å². The predicted molar refractivity (Wildman–Crippen MR) is 117 cm³/mol. The lowest BCUT2D eigenvalue weighted by atomic mass is 9.71. The van der Waals surface area contributed by atoms with Crippen LogP contribution in [-0.4, -0.2) is 39.5 Å². The number of amides is 1. The average molecular weight is 409 g/mol. The summed E-state index contributed by atoms with van der Waals surface area (Å²) in [5, 5.41) is 11.0. The van der Waals surface area contributed by atoms with Crippen molar-refractivity contribution < 1.29 is 14.7 Å². The standard InChI is InChI=1S/C25H32N2O3/c1-15(20-14-26-21-7-4-6-17(24(20)21)16-9-10-16)13-23(28)27-12-11-19(25(29)30)18-5-2-3-8-22(18)27/h4,6-7,14-16,18-19,22,26H,2-3,5,8-13H2,1H3,(H,29,30). The number of carbonyl (C=O) groups excluding carboxylic acids is 1. The van der Waals surface area contributed by atoms with E-state index >= 15 is 0 Å². The van der Waals surface area contributed by atoms with E-state index in [1.807, 2.05) is 4.90 Å². The van der Waals surface area contributed by atoms with Crippen molar-refractivity contribution in [1.29, 1.82) is 0 Å². The van der Waals surface area contributed by atoms with Crippen molar-refractivity contribution in [3.05, 3.63) is 35.5 Å². The van der Waals surface area contributed by atoms with Crippen LogP contribution in [0, 0.1) is 11.8 Å². The van der Waals surface area contributed by atoms with E-state index < -0.39 is 5.97 Å². The third-order valence-corrected chi connectivity index (χ3v) is 7.81. The highest BCUT2D eigenvalue weighted by Gasteiger charge is 2.44. The van der Waals surface area contributed by atoms with Gasteiger partial charge in [-0.2, -0.15) is 0 Å². The number of benzene rings is 1. The summed E-state index contributed by atoms with van der Waals surface area (Å²) in [6, 6.07) is 6.61. The number of carbonyl (C=O) groups is 2. The van der Waals surface area contributed by atoms with Crippen molar-refractivity contribution in [2.24, 2.45) is 11.8 Å². The van der Waals surface area contributed by atoms with Crippen LogP contribution in [0.5, 0.6) is 0 Å². The van der Waals surface area contributed by atoms with Gasteiger partial charge in [0.1, 0.15) is 0 Å². The van der Waals surface area contributed by atoms with Gasteiger partial charge in [0.25, 0.3) is 0 Å². The van der Waals surface area contributed by atoms with Gasteiger partial charge in [0.05, 0.1) is 5.92 Å². The second-order valence-electron chi connectivity index (χ2n) is 9.73. The maximum absolute atomic E-state index is 13.4. The van der Waals surface area contributed by atoms with Gasteiger partial charge in [-0.15, -0.1) is 0 Å². The van der Waals surface area contributed by atoms with E-state index in [0.717, 1.165) is 25.7 Å². The van der Waals surface area contributed by atoms with Crippen LogP contribution in [-0.2, 0) is 9.59 Å². The molecule has 5 heteroatoms. The molecule has 30 heavy (non-hydrogen) atoms. The normalized spacial score (nSPS) is 27.6. The summed E-state index contributed by atoms with van der Waals surface area (Å²) in [5.74, 6) is 0.167. The Balaban J connectivity index is 1.35. The summed E-state index contributed by atoms with van der Waals surface area (Å²) in [4.78, 5) is 30.6. The minimum absolute atomic E-state index is 0.110. The maximum atomic E-state index is 13.4. The van der Waals surface area contributed by atoms with Crippen LogP contribution in [0.25, 0.3) is 10.9 Å². The van der Waals surface area contributed by atoms with Crippen molar-refractivity contribution in [3.63, 3.8) is 0 Å². The third-order valence-electron chi connectivity index (χ3n) is 7.81. The molecule has 0 spiro atoms. The number of rotatable bonds is 5. The Bertz CT molecular complexity index is 960. The molecule has 4 atom stereocenters. The van der Waals surface area contributed by atoms with Gasteiger partial charge < -0.3 is 15.0 Å². The van der Waals surface area contributed by atoms with E-state index in [2.05, 4.69) is 36.3 Å². The largest absolute Gasteiger partial charge is 0.481 e. The Morgan fingerprint density at radius 2 is 1.97 bits per heavy atom. The zero-order chi connectivity index (χ0) is 20.8. The number of piperidine rings is 1. The van der Waals surface area contributed by atoms with Gasteiger partial charge in [-0.25, -0.2) is 0 Å². The van der Waals surface area contributed by atoms with Gasteiger partial charge >= 0.3 is 5.97 Å². The summed E-state index contributed by atoms with van der Waals surface area (Å²) in [5.41, 5.74) is 3.85. The molecule has 1 aromatic carbocycles. The smallest absolute Gasteiger partial charge is 0.306 e. The molecule has 0 bridgehead atoms. The number of aromatic amines is 1. The van der Waals surface area contributed by atoms with Gasteiger partial charge in [-0.1, -0.05) is 31.9 Å². The molecule has 1 saturated heterocycles. The van der Waals surface area contributed by atoms with Crippen molar-refractivity contribution in [3.8, 4) is 0 Å². The van der Waals surface area contributed by atoms with Crippen LogP contribution in [0.3, 0.4) is 0 Å². The fourth-order valence-electron chi connectivity index (χ4n) is 6.12. The first-order chi connectivity index (χ1) is 14.5. The van der Waals surface area contributed by atoms with Gasteiger partial charge in [0.2, 0.25) is 5.91 Å². The van der Waals surface area contributed by atoms with Crippen molar-refractivity contribution >= 4 is 22.8 Å². The summed E-state index contributed by atoms with van der Waals surface area (Å²) < 4.78 is 0. The third kappa shape index (κ3) is 3.42. The molecule has 1 aliphatic heterocycles. The number of hydrogen-bond donors (Lipinski definition) is 2. The lowest BCUT2D eigenvalue weighted by Gasteiger charge is -2.47. The predicted octanol–water partition coefficient (Wildman–Crippen LogP) is 5.03. The van der Waals surface area contributed by atoms with E-state index in [9.17, 15) is 14.7 Å². The van der Waals surface area contributed by atoms with Crippen LogP contribution in [0.2, 0.25) is 0 Å². The summed E-state index contributed by atoms with van der Waals surface area (Å²) >= 11 is 0. The lowest BCUT2D eigenvalue weighted by Crippen LogP contribution is -2.54. The number of H-pyrrole nitrogens is 1. The first kappa shape index (κ1) is 19.7. The molecule has 1 aromatic heterocycles. The molecule has 2 aromatic rings. The van der Waals surface area contributed by atoms with E-state index in [-0.39, 0.29) is 29.7 Å². The number of hydrogen-bond acceptors (Lipinski definition) is 2. The Kier molecular flexibility index (Phi) is 5.08. The SMILES string of the molecule is CC(CC(=O)N1CCC(C(=O)O)C2CCCCC21)c1c[nH]c2cccc(C3CC3)c12. The van der Waals surface area contributed by atoms with Gasteiger partial charge in [0.15, 0.2) is 0 Å². The highest BCUT2D eigenvalue weighted by atomic mass is 16.4. The number of aliphatic carboxylic acids is 1. The highest BCUT2D eigenvalue weighted by molar-refractivity contribution is 5.89. The highest BCUT2D eigenvalue weighted by Crippen LogP contribution is 2.45. The van der Waals surface area contributed by atoms with Crippen LogP contribution >= 0.6 is 0 Å². The monoisotopic (exact) mass is 408 g/mol. The molecule has 4 unspecified atom stereocenters. The molecular formula is C25H32N2O3. The lowest BCUT2D eigenvalue weighted by molar-refractivity contribution is -0.153. The topological polar surface area (TPSA) is 73.4 Å². The molecule has 5 rings (SSSR count). The van der Waals surface area contributed by atoms with Crippen LogP contribution in [0.15, 0.2) is 24.4 Å². The Labute approximate surface area is 177 Å². The van der Waals surface area contributed by atoms with Gasteiger partial charge in [-0.05, 0) is 67.1 Å². The molecular weight excluding hydrogens is 376 g/mol. The average Bonchev–Trinajstić information content (AvgIpc) is 3.50. The number of aromatic nitrogens is 1.